The van der Waals surface area contributed by atoms with E-state index < -0.39 is 0 Å². The van der Waals surface area contributed by atoms with E-state index in [4.69, 9.17) is 11.5 Å². The highest BCUT2D eigenvalue weighted by Crippen LogP contribution is 2.41. The Balaban J connectivity index is 2.13. The number of nitrogen functional groups attached to an aromatic ring is 2. The van der Waals surface area contributed by atoms with E-state index in [9.17, 15) is 4.79 Å². The van der Waals surface area contributed by atoms with Gasteiger partial charge in [0.1, 0.15) is 5.82 Å². The van der Waals surface area contributed by atoms with E-state index in [-0.39, 0.29) is 11.9 Å². The number of fused-ring (bicyclic) bond motifs is 3. The summed E-state index contributed by atoms with van der Waals surface area (Å²) >= 11 is 2.27. The van der Waals surface area contributed by atoms with E-state index in [1.165, 1.54) is 6.92 Å². The van der Waals surface area contributed by atoms with Crippen LogP contribution >= 0.6 is 22.6 Å². The van der Waals surface area contributed by atoms with Gasteiger partial charge in [0, 0.05) is 40.4 Å². The van der Waals surface area contributed by atoms with Crippen molar-refractivity contribution in [3.8, 4) is 11.1 Å². The normalized spacial score (nSPS) is 11.2. The molecule has 136 valence electrons. The summed E-state index contributed by atoms with van der Waals surface area (Å²) in [6.07, 6.45) is 1.98. The van der Waals surface area contributed by atoms with Crippen molar-refractivity contribution < 1.29 is 4.79 Å². The Kier molecular flexibility index (Phi) is 4.14. The lowest BCUT2D eigenvalue weighted by atomic mass is 9.99. The molecule has 2 heterocycles. The fourth-order valence-corrected chi connectivity index (χ4v) is 4.36. The van der Waals surface area contributed by atoms with Gasteiger partial charge in [0.05, 0.1) is 16.4 Å². The van der Waals surface area contributed by atoms with Crippen LogP contribution in [-0.2, 0) is 11.8 Å². The van der Waals surface area contributed by atoms with Crippen molar-refractivity contribution >= 4 is 67.8 Å². The van der Waals surface area contributed by atoms with Crippen LogP contribution in [0, 0.1) is 3.57 Å². The highest BCUT2D eigenvalue weighted by atomic mass is 127. The number of nitrogens with one attached hydrogen (secondary N) is 1. The number of halogens is 1. The molecule has 0 saturated heterocycles. The number of benzene rings is 2. The van der Waals surface area contributed by atoms with Gasteiger partial charge in [-0.1, -0.05) is 12.1 Å². The Morgan fingerprint density at radius 2 is 2.00 bits per heavy atom. The SMILES string of the molecule is CC(=O)Nc1cccc(-c2c(I)c3nc(N)nc(N)c3c3ccn(C)c23)c1. The molecule has 27 heavy (non-hydrogen) atoms. The Hall–Kier alpha value is -2.88. The second kappa shape index (κ2) is 6.38. The molecule has 0 aliphatic carbocycles. The summed E-state index contributed by atoms with van der Waals surface area (Å²) in [4.78, 5) is 20.0. The van der Waals surface area contributed by atoms with E-state index in [1.807, 2.05) is 48.1 Å². The van der Waals surface area contributed by atoms with Crippen LogP contribution in [0.15, 0.2) is 36.5 Å². The number of aryl methyl sites for hydroxylation is 1. The van der Waals surface area contributed by atoms with Crippen LogP contribution in [-0.4, -0.2) is 20.4 Å². The predicted molar refractivity (Wildman–Crippen MR) is 117 cm³/mol. The Morgan fingerprint density at radius 3 is 2.74 bits per heavy atom. The highest BCUT2D eigenvalue weighted by Gasteiger charge is 2.20. The monoisotopic (exact) mass is 472 g/mol. The van der Waals surface area contributed by atoms with Gasteiger partial charge < -0.3 is 21.4 Å². The average molecular weight is 472 g/mol. The molecule has 8 heteroatoms. The molecule has 0 aliphatic rings. The van der Waals surface area contributed by atoms with Crippen LogP contribution in [0.5, 0.6) is 0 Å². The van der Waals surface area contributed by atoms with Gasteiger partial charge in [-0.25, -0.2) is 4.98 Å². The molecule has 0 aliphatic heterocycles. The molecular weight excluding hydrogens is 455 g/mol. The van der Waals surface area contributed by atoms with E-state index in [1.54, 1.807) is 0 Å². The van der Waals surface area contributed by atoms with E-state index >= 15 is 0 Å². The average Bonchev–Trinajstić information content (AvgIpc) is 2.96. The first kappa shape index (κ1) is 17.5. The van der Waals surface area contributed by atoms with Gasteiger partial charge in [-0.3, -0.25) is 4.79 Å². The van der Waals surface area contributed by atoms with E-state index in [0.717, 1.165) is 42.2 Å². The van der Waals surface area contributed by atoms with Crippen LogP contribution in [0.1, 0.15) is 6.92 Å². The Morgan fingerprint density at radius 1 is 1.22 bits per heavy atom. The van der Waals surface area contributed by atoms with Crippen molar-refractivity contribution in [2.45, 2.75) is 6.92 Å². The summed E-state index contributed by atoms with van der Waals surface area (Å²) in [6.45, 7) is 1.49. The smallest absolute Gasteiger partial charge is 0.222 e. The second-order valence-corrected chi connectivity index (χ2v) is 7.41. The van der Waals surface area contributed by atoms with Crippen LogP contribution in [0.25, 0.3) is 32.9 Å². The third kappa shape index (κ3) is 2.85. The lowest BCUT2D eigenvalue weighted by Crippen LogP contribution is -2.06. The highest BCUT2D eigenvalue weighted by molar-refractivity contribution is 14.1. The summed E-state index contributed by atoms with van der Waals surface area (Å²) in [7, 11) is 1.99. The standard InChI is InChI=1S/C19H17IN6O/c1-9(27)23-11-5-3-4-10(8-11)13-15(20)16-14(18(21)25-19(22)24-16)12-6-7-26(2)17(12)13/h3-8H,1-2H3,(H,23,27)(H4,21,22,24,25). The predicted octanol–water partition coefficient (Wildman–Crippen LogP) is 3.52. The molecular formula is C19H17IN6O. The molecule has 0 atom stereocenters. The van der Waals surface area contributed by atoms with Gasteiger partial charge in [-0.2, -0.15) is 4.98 Å². The third-order valence-corrected chi connectivity index (χ3v) is 5.48. The van der Waals surface area contributed by atoms with Gasteiger partial charge in [0.2, 0.25) is 11.9 Å². The fraction of sp³-hybridized carbons (Fsp3) is 0.105. The third-order valence-electron chi connectivity index (χ3n) is 4.43. The zero-order chi connectivity index (χ0) is 19.3. The maximum Gasteiger partial charge on any atom is 0.222 e. The number of amides is 1. The Bertz CT molecular complexity index is 1230. The number of nitrogens with two attached hydrogens (primary N) is 2. The molecule has 0 radical (unpaired) electrons. The molecule has 2 aromatic heterocycles. The van der Waals surface area contributed by atoms with E-state index in [2.05, 4.69) is 37.9 Å². The summed E-state index contributed by atoms with van der Waals surface area (Å²) < 4.78 is 2.98. The molecule has 4 aromatic rings. The van der Waals surface area contributed by atoms with Gasteiger partial charge >= 0.3 is 0 Å². The quantitative estimate of drug-likeness (QED) is 0.387. The zero-order valence-electron chi connectivity index (χ0n) is 14.7. The molecule has 4 rings (SSSR count). The molecule has 5 N–H and O–H groups in total. The van der Waals surface area contributed by atoms with Gasteiger partial charge in [0.25, 0.3) is 0 Å². The Labute approximate surface area is 168 Å². The number of nitrogens with zero attached hydrogens (tertiary/aromatic N) is 3. The lowest BCUT2D eigenvalue weighted by molar-refractivity contribution is -0.114. The number of aromatic nitrogens is 3. The fourth-order valence-electron chi connectivity index (χ4n) is 3.40. The number of hydrogen-bond donors (Lipinski definition) is 3. The van der Waals surface area contributed by atoms with E-state index in [0.29, 0.717) is 5.82 Å². The first-order valence-electron chi connectivity index (χ1n) is 8.24. The number of carbonyl (C=O) groups is 1. The summed E-state index contributed by atoms with van der Waals surface area (Å²) in [5.74, 6) is 0.397. The largest absolute Gasteiger partial charge is 0.383 e. The second-order valence-electron chi connectivity index (χ2n) is 6.33. The van der Waals surface area contributed by atoms with Gasteiger partial charge in [-0.15, -0.1) is 0 Å². The molecule has 0 fully saturated rings. The molecule has 7 nitrogen and oxygen atoms in total. The molecule has 1 amide bonds. The molecule has 0 spiro atoms. The van der Waals surface area contributed by atoms with Gasteiger partial charge in [-0.05, 0) is 46.4 Å². The minimum atomic E-state index is -0.113. The number of hydrogen-bond acceptors (Lipinski definition) is 5. The summed E-state index contributed by atoms with van der Waals surface area (Å²) in [5, 5.41) is 4.59. The number of anilines is 3. The molecule has 0 unspecified atom stereocenters. The van der Waals surface area contributed by atoms with Crippen molar-refractivity contribution in [3.63, 3.8) is 0 Å². The topological polar surface area (TPSA) is 112 Å². The zero-order valence-corrected chi connectivity index (χ0v) is 16.9. The summed E-state index contributed by atoms with van der Waals surface area (Å²) in [5.41, 5.74) is 16.5. The number of carbonyl (C=O) groups excluding carboxylic acids is 1. The molecule has 2 aromatic carbocycles. The molecule has 0 saturated carbocycles. The number of rotatable bonds is 2. The minimum Gasteiger partial charge on any atom is -0.383 e. The van der Waals surface area contributed by atoms with Crippen LogP contribution in [0.3, 0.4) is 0 Å². The van der Waals surface area contributed by atoms with Crippen LogP contribution < -0.4 is 16.8 Å². The van der Waals surface area contributed by atoms with Crippen LogP contribution in [0.4, 0.5) is 17.5 Å². The molecule has 0 bridgehead atoms. The minimum absolute atomic E-state index is 0.113. The van der Waals surface area contributed by atoms with Gasteiger partial charge in [0.15, 0.2) is 0 Å². The maximum absolute atomic E-state index is 11.4. The van der Waals surface area contributed by atoms with Crippen molar-refractivity contribution in [2.24, 2.45) is 7.05 Å². The maximum atomic E-state index is 11.4. The first-order chi connectivity index (χ1) is 12.9. The summed E-state index contributed by atoms with van der Waals surface area (Å²) in [6, 6.07) is 9.74. The first-order valence-corrected chi connectivity index (χ1v) is 9.32. The lowest BCUT2D eigenvalue weighted by Gasteiger charge is -2.15. The van der Waals surface area contributed by atoms with Crippen LogP contribution in [0.2, 0.25) is 0 Å². The van der Waals surface area contributed by atoms with Crippen molar-refractivity contribution in [3.05, 3.63) is 40.1 Å². The van der Waals surface area contributed by atoms with Crippen molar-refractivity contribution in [1.82, 2.24) is 14.5 Å². The van der Waals surface area contributed by atoms with Crippen molar-refractivity contribution in [2.75, 3.05) is 16.8 Å². The van der Waals surface area contributed by atoms with Crippen molar-refractivity contribution in [1.29, 1.82) is 0 Å².